The number of carbonyl (C=O) groups is 2. The van der Waals surface area contributed by atoms with Crippen LogP contribution < -0.4 is 21.1 Å². The average Bonchev–Trinajstić information content (AvgIpc) is 2.99. The highest BCUT2D eigenvalue weighted by Gasteiger charge is 2.16. The molecular formula is C29H46N6O8. The van der Waals surface area contributed by atoms with Gasteiger partial charge < -0.3 is 50.1 Å². The van der Waals surface area contributed by atoms with Gasteiger partial charge >= 0.3 is 6.01 Å². The third-order valence-corrected chi connectivity index (χ3v) is 5.88. The fraction of sp³-hybridized carbons (Fsp3) is 0.586. The molecule has 0 saturated carbocycles. The molecule has 0 unspecified atom stereocenters. The lowest BCUT2D eigenvalue weighted by Gasteiger charge is -2.18. The number of benzene rings is 1. The first-order valence-corrected chi connectivity index (χ1v) is 14.4. The van der Waals surface area contributed by atoms with E-state index in [1.807, 2.05) is 12.1 Å². The zero-order valence-corrected chi connectivity index (χ0v) is 25.4. The van der Waals surface area contributed by atoms with Crippen molar-refractivity contribution in [3.63, 3.8) is 0 Å². The SMILES string of the molecule is CCCCOc1nc(N)c(NC(C)=O)c(NCc2ccc(C(=O)N(C)CCOCCOCCOCCOCCO)cc2)n1. The molecule has 0 saturated heterocycles. The van der Waals surface area contributed by atoms with Gasteiger partial charge in [-0.2, -0.15) is 9.97 Å². The minimum Gasteiger partial charge on any atom is -0.463 e. The number of ether oxygens (including phenoxy) is 5. The number of amides is 2. The highest BCUT2D eigenvalue weighted by atomic mass is 16.6. The lowest BCUT2D eigenvalue weighted by molar-refractivity contribution is -0.114. The van der Waals surface area contributed by atoms with E-state index in [0.29, 0.717) is 83.9 Å². The Kier molecular flexibility index (Phi) is 17.6. The number of nitrogen functional groups attached to an aromatic ring is 1. The summed E-state index contributed by atoms with van der Waals surface area (Å²) in [7, 11) is 1.72. The van der Waals surface area contributed by atoms with Crippen molar-refractivity contribution in [2.45, 2.75) is 33.2 Å². The maximum atomic E-state index is 12.8. The normalized spacial score (nSPS) is 10.9. The van der Waals surface area contributed by atoms with Crippen LogP contribution in [-0.2, 0) is 30.3 Å². The average molecular weight is 607 g/mol. The van der Waals surface area contributed by atoms with E-state index in [0.717, 1.165) is 18.4 Å². The smallest absolute Gasteiger partial charge is 0.320 e. The molecule has 43 heavy (non-hydrogen) atoms. The Labute approximate surface area is 253 Å². The van der Waals surface area contributed by atoms with Gasteiger partial charge in [0.1, 0.15) is 5.69 Å². The number of likely N-dealkylation sites (N-methyl/N-ethyl adjacent to an activating group) is 1. The van der Waals surface area contributed by atoms with Crippen molar-refractivity contribution >= 4 is 29.1 Å². The number of aromatic nitrogens is 2. The van der Waals surface area contributed by atoms with Crippen LogP contribution in [-0.4, -0.2) is 111 Å². The Morgan fingerprint density at radius 3 is 2.09 bits per heavy atom. The van der Waals surface area contributed by atoms with E-state index in [1.165, 1.54) is 6.92 Å². The van der Waals surface area contributed by atoms with Crippen LogP contribution in [0.15, 0.2) is 24.3 Å². The van der Waals surface area contributed by atoms with Crippen molar-refractivity contribution in [3.8, 4) is 6.01 Å². The number of hydrogen-bond acceptors (Lipinski definition) is 12. The summed E-state index contributed by atoms with van der Waals surface area (Å²) in [5, 5.41) is 14.5. The number of hydrogen-bond donors (Lipinski definition) is 4. The van der Waals surface area contributed by atoms with E-state index in [1.54, 1.807) is 24.1 Å². The van der Waals surface area contributed by atoms with Crippen LogP contribution in [0.4, 0.5) is 17.3 Å². The molecule has 1 heterocycles. The second-order valence-electron chi connectivity index (χ2n) is 9.45. The molecule has 14 nitrogen and oxygen atoms in total. The van der Waals surface area contributed by atoms with Crippen molar-refractivity contribution in [1.82, 2.24) is 14.9 Å². The number of anilines is 3. The highest BCUT2D eigenvalue weighted by molar-refractivity contribution is 5.95. The number of aliphatic hydroxyl groups excluding tert-OH is 1. The molecule has 0 radical (unpaired) electrons. The van der Waals surface area contributed by atoms with Gasteiger partial charge in [0.15, 0.2) is 11.6 Å². The number of unbranched alkanes of at least 4 members (excludes halogenated alkanes) is 1. The topological polar surface area (TPSA) is 180 Å². The van der Waals surface area contributed by atoms with Gasteiger partial charge in [-0.1, -0.05) is 25.5 Å². The van der Waals surface area contributed by atoms with Gasteiger partial charge in [0, 0.05) is 32.6 Å². The van der Waals surface area contributed by atoms with Crippen LogP contribution in [0.25, 0.3) is 0 Å². The zero-order chi connectivity index (χ0) is 31.3. The van der Waals surface area contributed by atoms with Gasteiger partial charge in [-0.3, -0.25) is 9.59 Å². The van der Waals surface area contributed by atoms with Gasteiger partial charge in [0.05, 0.1) is 66.1 Å². The molecule has 1 aromatic heterocycles. The molecule has 1 aromatic carbocycles. The second-order valence-corrected chi connectivity index (χ2v) is 9.45. The first kappa shape index (κ1) is 35.6. The first-order valence-electron chi connectivity index (χ1n) is 14.4. The third kappa shape index (κ3) is 14.4. The van der Waals surface area contributed by atoms with E-state index in [9.17, 15) is 9.59 Å². The molecule has 2 rings (SSSR count). The third-order valence-electron chi connectivity index (χ3n) is 5.88. The van der Waals surface area contributed by atoms with Crippen molar-refractivity contribution < 1.29 is 38.4 Å². The van der Waals surface area contributed by atoms with Crippen LogP contribution in [0.1, 0.15) is 42.6 Å². The van der Waals surface area contributed by atoms with Crippen LogP contribution in [0.2, 0.25) is 0 Å². The Morgan fingerprint density at radius 2 is 1.51 bits per heavy atom. The molecule has 240 valence electrons. The van der Waals surface area contributed by atoms with Crippen LogP contribution in [0, 0.1) is 0 Å². The largest absolute Gasteiger partial charge is 0.463 e. The molecule has 0 aliphatic rings. The standard InChI is InChI=1S/C29H46N6O8/c1-4-5-12-43-29-33-26(30)25(32-22(2)37)27(34-29)31-21-23-6-8-24(9-7-23)28(38)35(3)10-13-39-15-17-41-19-20-42-18-16-40-14-11-36/h6-9,36H,4-5,10-21H2,1-3H3,(H,32,37)(H3,30,31,33,34). The molecular weight excluding hydrogens is 560 g/mol. The van der Waals surface area contributed by atoms with Crippen molar-refractivity contribution in [3.05, 3.63) is 35.4 Å². The first-order chi connectivity index (χ1) is 20.8. The number of aliphatic hydroxyl groups is 1. The summed E-state index contributed by atoms with van der Waals surface area (Å²) >= 11 is 0. The van der Waals surface area contributed by atoms with Crippen LogP contribution in [0.3, 0.4) is 0 Å². The Hall–Kier alpha value is -3.56. The molecule has 0 fully saturated rings. The molecule has 14 heteroatoms. The number of nitrogens with zero attached hydrogens (tertiary/aromatic N) is 3. The Bertz CT molecular complexity index is 1090. The van der Waals surface area contributed by atoms with Crippen molar-refractivity contribution in [1.29, 1.82) is 0 Å². The summed E-state index contributed by atoms with van der Waals surface area (Å²) in [5.74, 6) is 0.0170. The lowest BCUT2D eigenvalue weighted by Crippen LogP contribution is -2.30. The molecule has 0 aliphatic carbocycles. The maximum Gasteiger partial charge on any atom is 0.320 e. The summed E-state index contributed by atoms with van der Waals surface area (Å²) in [5.41, 5.74) is 7.79. The second kappa shape index (κ2) is 21.2. The fourth-order valence-electron chi connectivity index (χ4n) is 3.56. The van der Waals surface area contributed by atoms with E-state index >= 15 is 0 Å². The van der Waals surface area contributed by atoms with Gasteiger partial charge in [-0.05, 0) is 24.1 Å². The van der Waals surface area contributed by atoms with Crippen molar-refractivity contribution in [2.24, 2.45) is 0 Å². The van der Waals surface area contributed by atoms with E-state index in [-0.39, 0.29) is 35.9 Å². The zero-order valence-electron chi connectivity index (χ0n) is 25.4. The van der Waals surface area contributed by atoms with Crippen LogP contribution in [0.5, 0.6) is 6.01 Å². The maximum absolute atomic E-state index is 12.8. The van der Waals surface area contributed by atoms with Gasteiger partial charge in [0.2, 0.25) is 5.91 Å². The Morgan fingerprint density at radius 1 is 0.907 bits per heavy atom. The summed E-state index contributed by atoms with van der Waals surface area (Å²) in [6.45, 7) is 8.02. The minimum absolute atomic E-state index is 0.00262. The summed E-state index contributed by atoms with van der Waals surface area (Å²) in [4.78, 5) is 34.6. The fourth-order valence-corrected chi connectivity index (χ4v) is 3.56. The molecule has 0 aliphatic heterocycles. The summed E-state index contributed by atoms with van der Waals surface area (Å²) in [6, 6.07) is 7.33. The lowest BCUT2D eigenvalue weighted by atomic mass is 10.1. The van der Waals surface area contributed by atoms with E-state index < -0.39 is 0 Å². The number of rotatable bonds is 23. The monoisotopic (exact) mass is 606 g/mol. The number of nitrogens with two attached hydrogens (primary N) is 1. The quantitative estimate of drug-likeness (QED) is 0.135. The summed E-state index contributed by atoms with van der Waals surface area (Å²) < 4.78 is 27.0. The molecule has 2 aromatic rings. The molecule has 0 atom stereocenters. The van der Waals surface area contributed by atoms with Gasteiger partial charge in [-0.25, -0.2) is 0 Å². The van der Waals surface area contributed by atoms with Gasteiger partial charge in [0.25, 0.3) is 5.91 Å². The number of nitrogens with one attached hydrogen (secondary N) is 2. The minimum atomic E-state index is -0.303. The summed E-state index contributed by atoms with van der Waals surface area (Å²) in [6.07, 6.45) is 1.81. The molecule has 2 amide bonds. The molecule has 5 N–H and O–H groups in total. The van der Waals surface area contributed by atoms with E-state index in [2.05, 4.69) is 27.5 Å². The van der Waals surface area contributed by atoms with Crippen molar-refractivity contribution in [2.75, 3.05) is 96.0 Å². The highest BCUT2D eigenvalue weighted by Crippen LogP contribution is 2.28. The number of carbonyl (C=O) groups excluding carboxylic acids is 2. The molecule has 0 bridgehead atoms. The predicted octanol–water partition coefficient (Wildman–Crippen LogP) is 1.94. The van der Waals surface area contributed by atoms with Crippen LogP contribution >= 0.6 is 0 Å². The molecule has 0 spiro atoms. The van der Waals surface area contributed by atoms with Gasteiger partial charge in [-0.15, -0.1) is 0 Å². The van der Waals surface area contributed by atoms with E-state index in [4.69, 9.17) is 34.5 Å². The predicted molar refractivity (Wildman–Crippen MR) is 162 cm³/mol. The Balaban J connectivity index is 1.74.